The Kier molecular flexibility index (Phi) is 9.57. The molecule has 0 saturated carbocycles. The summed E-state index contributed by atoms with van der Waals surface area (Å²) >= 11 is 0. The van der Waals surface area contributed by atoms with Gasteiger partial charge in [0.1, 0.15) is 0 Å². The average Bonchev–Trinajstić information content (AvgIpc) is 2.51. The minimum absolute atomic E-state index is 0.147. The molecule has 1 rings (SSSR count). The summed E-state index contributed by atoms with van der Waals surface area (Å²) in [5.74, 6) is 0. The molecule has 0 N–H and O–H groups in total. The van der Waals surface area contributed by atoms with E-state index in [2.05, 4.69) is 119 Å². The van der Waals surface area contributed by atoms with Crippen molar-refractivity contribution in [3.8, 4) is 0 Å². The van der Waals surface area contributed by atoms with E-state index in [-0.39, 0.29) is 11.2 Å². The fourth-order valence-electron chi connectivity index (χ4n) is 4.55. The topological polar surface area (TPSA) is 18.5 Å². The molecule has 32 heavy (non-hydrogen) atoms. The van der Waals surface area contributed by atoms with Gasteiger partial charge in [0, 0.05) is 7.93 Å². The van der Waals surface area contributed by atoms with Crippen LogP contribution in [0.2, 0.25) is 58.9 Å². The van der Waals surface area contributed by atoms with Gasteiger partial charge in [-0.2, -0.15) is 0 Å². The number of hydrogen-bond acceptors (Lipinski definition) is 2. The van der Waals surface area contributed by atoms with Crippen molar-refractivity contribution in [1.29, 1.82) is 0 Å². The second kappa shape index (κ2) is 10.2. The predicted octanol–water partition coefficient (Wildman–Crippen LogP) is 6.94. The van der Waals surface area contributed by atoms with Crippen molar-refractivity contribution in [2.45, 2.75) is 125 Å². The molecule has 1 aromatic rings. The van der Waals surface area contributed by atoms with E-state index in [9.17, 15) is 0 Å². The highest BCUT2D eigenvalue weighted by molar-refractivity contribution is 7.55. The van der Waals surface area contributed by atoms with Crippen LogP contribution in [0.15, 0.2) is 18.2 Å². The molecule has 0 aliphatic heterocycles. The zero-order chi connectivity index (χ0) is 25.3. The molecular weight excluding hydrogens is 457 g/mol. The van der Waals surface area contributed by atoms with Gasteiger partial charge < -0.3 is 9.47 Å². The van der Waals surface area contributed by atoms with E-state index in [0.29, 0.717) is 13.2 Å². The lowest BCUT2D eigenvalue weighted by Crippen LogP contribution is -2.63. The molecule has 0 saturated heterocycles. The first-order valence-corrected chi connectivity index (χ1v) is 25.2. The summed E-state index contributed by atoms with van der Waals surface area (Å²) in [5.41, 5.74) is 2.51. The Bertz CT molecular complexity index is 756. The highest BCUT2D eigenvalue weighted by atomic mass is 29.2. The van der Waals surface area contributed by atoms with Gasteiger partial charge in [-0.05, 0) is 57.9 Å². The zero-order valence-corrected chi connectivity index (χ0v) is 28.0. The third kappa shape index (κ3) is 9.26. The van der Waals surface area contributed by atoms with Gasteiger partial charge in [0.05, 0.1) is 48.2 Å². The molecule has 184 valence electrons. The quantitative estimate of drug-likeness (QED) is 0.354. The third-order valence-corrected chi connectivity index (χ3v) is 29.5. The van der Waals surface area contributed by atoms with Crippen molar-refractivity contribution in [1.82, 2.24) is 0 Å². The molecule has 0 amide bonds. The highest BCUT2D eigenvalue weighted by Gasteiger charge is 2.39. The van der Waals surface area contributed by atoms with Crippen LogP contribution in [0.1, 0.15) is 52.7 Å². The highest BCUT2D eigenvalue weighted by Crippen LogP contribution is 2.22. The minimum atomic E-state index is -1.50. The second-order valence-electron chi connectivity index (χ2n) is 14.3. The molecule has 0 aliphatic carbocycles. The summed E-state index contributed by atoms with van der Waals surface area (Å²) in [6.07, 6.45) is 0. The van der Waals surface area contributed by atoms with E-state index in [0.717, 1.165) is 0 Å². The Morgan fingerprint density at radius 3 is 1.28 bits per heavy atom. The van der Waals surface area contributed by atoms with Gasteiger partial charge in [-0.3, -0.25) is 0 Å². The van der Waals surface area contributed by atoms with Crippen molar-refractivity contribution in [2.75, 3.05) is 0 Å². The van der Waals surface area contributed by atoms with Gasteiger partial charge in [0.25, 0.3) is 0 Å². The third-order valence-electron chi connectivity index (χ3n) is 5.31. The molecule has 0 aromatic heterocycles. The first kappa shape index (κ1) is 29.9. The van der Waals surface area contributed by atoms with Crippen LogP contribution in [0.25, 0.3) is 0 Å². The lowest BCUT2D eigenvalue weighted by molar-refractivity contribution is -0.0164. The molecular formula is C26H52O2Si4. The van der Waals surface area contributed by atoms with E-state index in [1.807, 2.05) is 4.42 Å². The molecule has 0 bridgehead atoms. The molecule has 0 aliphatic rings. The molecule has 0 spiro atoms. The summed E-state index contributed by atoms with van der Waals surface area (Å²) < 4.78 is 14.8. The lowest BCUT2D eigenvalue weighted by atomic mass is 10.1. The molecule has 0 fully saturated rings. The van der Waals surface area contributed by atoms with Crippen LogP contribution >= 0.6 is 0 Å². The smallest absolute Gasteiger partial charge is 0.0725 e. The first-order valence-electron chi connectivity index (χ1n) is 12.2. The Morgan fingerprint density at radius 2 is 1.03 bits per heavy atom. The van der Waals surface area contributed by atoms with E-state index >= 15 is 0 Å². The molecule has 0 unspecified atom stereocenters. The van der Waals surface area contributed by atoms with Crippen LogP contribution < -0.4 is 5.19 Å². The fraction of sp³-hybridized carbons (Fsp3) is 0.731. The number of benzene rings is 1. The van der Waals surface area contributed by atoms with Crippen LogP contribution in [0.3, 0.4) is 0 Å². The minimum Gasteiger partial charge on any atom is -0.371 e. The Balaban J connectivity index is 4.03. The summed E-state index contributed by atoms with van der Waals surface area (Å²) in [5, 5.41) is 1.63. The normalized spacial score (nSPS) is 14.0. The average molecular weight is 509 g/mol. The van der Waals surface area contributed by atoms with Gasteiger partial charge in [-0.25, -0.2) is 0 Å². The number of hydrogen-bond donors (Lipinski definition) is 0. The van der Waals surface area contributed by atoms with Crippen molar-refractivity contribution in [2.24, 2.45) is 0 Å². The van der Waals surface area contributed by atoms with E-state index in [4.69, 9.17) is 9.47 Å². The Labute approximate surface area is 204 Å². The Hall–Kier alpha value is -0.122. The number of ether oxygens (including phenoxy) is 2. The van der Waals surface area contributed by atoms with E-state index in [1.54, 1.807) is 5.19 Å². The first-order chi connectivity index (χ1) is 14.0. The SMILES string of the molecule is CC(C)(C)OCc1cccc(COC(C)(C)C)c1[Si](=C([Si](C)(C)C)[Si](C)(C)C)[Si](C)(C)C. The van der Waals surface area contributed by atoms with Gasteiger partial charge in [-0.1, -0.05) is 77.1 Å². The second-order valence-corrected chi connectivity index (χ2v) is 38.0. The van der Waals surface area contributed by atoms with Gasteiger partial charge in [-0.15, -0.1) is 4.42 Å². The molecule has 2 nitrogen and oxygen atoms in total. The van der Waals surface area contributed by atoms with Crippen LogP contribution in [0.5, 0.6) is 0 Å². The van der Waals surface area contributed by atoms with Crippen LogP contribution in [-0.4, -0.2) is 47.3 Å². The Morgan fingerprint density at radius 1 is 0.688 bits per heavy atom. The maximum atomic E-state index is 6.37. The summed E-state index contributed by atoms with van der Waals surface area (Å²) in [6, 6.07) is 6.88. The fourth-order valence-corrected chi connectivity index (χ4v) is 42.0. The monoisotopic (exact) mass is 508 g/mol. The van der Waals surface area contributed by atoms with Crippen molar-refractivity contribution in [3.05, 3.63) is 29.3 Å². The van der Waals surface area contributed by atoms with Crippen LogP contribution in [-0.2, 0) is 22.7 Å². The molecule has 0 heterocycles. The molecule has 1 aromatic carbocycles. The summed E-state index contributed by atoms with van der Waals surface area (Å²) in [7, 11) is -5.30. The predicted molar refractivity (Wildman–Crippen MR) is 156 cm³/mol. The molecule has 0 radical (unpaired) electrons. The molecule has 6 heteroatoms. The maximum Gasteiger partial charge on any atom is 0.0725 e. The van der Waals surface area contributed by atoms with E-state index < -0.39 is 31.7 Å². The standard InChI is InChI=1S/C26H52O2Si4/c1-25(2,3)27-19-21-17-16-18-22(20-28-26(4,5)6)23(21)29(32(13,14)15)24(30(7,8)9)31(10,11)12/h16-18H,19-20H2,1-15H3. The lowest BCUT2D eigenvalue weighted by Gasteiger charge is -2.40. The van der Waals surface area contributed by atoms with Gasteiger partial charge in [0.2, 0.25) is 0 Å². The zero-order valence-electron chi connectivity index (χ0n) is 24.0. The van der Waals surface area contributed by atoms with E-state index in [1.165, 1.54) is 11.1 Å². The number of rotatable bonds is 8. The van der Waals surface area contributed by atoms with Crippen molar-refractivity contribution >= 4 is 41.3 Å². The van der Waals surface area contributed by atoms with Crippen molar-refractivity contribution < 1.29 is 9.47 Å². The van der Waals surface area contributed by atoms with Crippen LogP contribution in [0.4, 0.5) is 0 Å². The van der Waals surface area contributed by atoms with Gasteiger partial charge >= 0.3 is 0 Å². The maximum absolute atomic E-state index is 6.37. The summed E-state index contributed by atoms with van der Waals surface area (Å²) in [4.78, 5) is 0. The van der Waals surface area contributed by atoms with Crippen molar-refractivity contribution in [3.63, 3.8) is 0 Å². The molecule has 0 atom stereocenters. The summed E-state index contributed by atoms with van der Waals surface area (Å²) in [6.45, 7) is 37.7. The van der Waals surface area contributed by atoms with Crippen LogP contribution in [0, 0.1) is 0 Å². The largest absolute Gasteiger partial charge is 0.371 e. The van der Waals surface area contributed by atoms with Gasteiger partial charge in [0.15, 0.2) is 0 Å².